The molecule has 0 fully saturated rings. The van der Waals surface area contributed by atoms with Crippen molar-refractivity contribution in [1.29, 1.82) is 0 Å². The van der Waals surface area contributed by atoms with Gasteiger partial charge in [-0.15, -0.1) is 0 Å². The summed E-state index contributed by atoms with van der Waals surface area (Å²) >= 11 is 0. The molecule has 27 heavy (non-hydrogen) atoms. The lowest BCUT2D eigenvalue weighted by Gasteiger charge is -2.44. The fraction of sp³-hybridized carbons (Fsp3) is 0.560. The lowest BCUT2D eigenvalue weighted by atomic mass is 9.57. The Labute approximate surface area is 164 Å². The molecule has 2 unspecified atom stereocenters. The average Bonchev–Trinajstić information content (AvgIpc) is 2.75. The zero-order valence-electron chi connectivity index (χ0n) is 17.7. The number of alkyl halides is 1. The maximum atomic E-state index is 14.9. The molecule has 2 heterocycles. The minimum atomic E-state index is -0.496. The van der Waals surface area contributed by atoms with Gasteiger partial charge in [-0.1, -0.05) is 46.2 Å². The van der Waals surface area contributed by atoms with Gasteiger partial charge in [0.05, 0.1) is 11.0 Å². The van der Waals surface area contributed by atoms with E-state index in [0.717, 1.165) is 31.5 Å². The number of pyridine rings is 1. The highest BCUT2D eigenvalue weighted by atomic mass is 19.1. The molecule has 146 valence electrons. The maximum Gasteiger partial charge on any atom is 0.213 e. The van der Waals surface area contributed by atoms with Crippen molar-refractivity contribution in [3.8, 4) is 11.3 Å². The quantitative estimate of drug-likeness (QED) is 0.505. The van der Waals surface area contributed by atoms with Crippen molar-refractivity contribution in [2.24, 2.45) is 0 Å². The second-order valence-electron chi connectivity index (χ2n) is 8.28. The minimum Gasteiger partial charge on any atom is -0.250 e. The number of fused-ring (bicyclic) bond motifs is 4. The van der Waals surface area contributed by atoms with Crippen LogP contribution in [-0.2, 0) is 23.8 Å². The molecule has 2 atom stereocenters. The maximum absolute atomic E-state index is 14.9. The van der Waals surface area contributed by atoms with Crippen LogP contribution in [0.15, 0.2) is 36.4 Å². The second kappa shape index (κ2) is 7.73. The van der Waals surface area contributed by atoms with Crippen LogP contribution in [0.1, 0.15) is 77.1 Å². The molecule has 1 aliphatic rings. The summed E-state index contributed by atoms with van der Waals surface area (Å²) in [7, 11) is 0. The molecule has 2 heteroatoms. The Kier molecular flexibility index (Phi) is 5.74. The molecule has 0 N–H and O–H groups in total. The van der Waals surface area contributed by atoms with Crippen molar-refractivity contribution >= 4 is 0 Å². The topological polar surface area (TPSA) is 3.88 Å². The first kappa shape index (κ1) is 20.0. The Morgan fingerprint density at radius 3 is 2.37 bits per heavy atom. The first-order chi connectivity index (χ1) is 13.0. The molecule has 0 radical (unpaired) electrons. The van der Waals surface area contributed by atoms with Gasteiger partial charge in [0.25, 0.3) is 0 Å². The highest BCUT2D eigenvalue weighted by Gasteiger charge is 2.56. The Morgan fingerprint density at radius 2 is 1.78 bits per heavy atom. The standard InChI is InChI=1S/C25H35FN/c1-6-10-12-19-15-16-21-20(17-19)22-13-11-14-23(27(22)9-4)25(8-3,18-26)24(21,5)7-2/h11,13-17H,6-10,12,18H2,1-5H3/q+1. The number of hydrogen-bond donors (Lipinski definition) is 0. The van der Waals surface area contributed by atoms with Gasteiger partial charge in [0, 0.05) is 17.5 Å². The van der Waals surface area contributed by atoms with Crippen LogP contribution >= 0.6 is 0 Å². The number of halogens is 1. The third-order valence-electron chi connectivity index (χ3n) is 7.26. The Balaban J connectivity index is 2.39. The summed E-state index contributed by atoms with van der Waals surface area (Å²) in [6.07, 6.45) is 5.25. The van der Waals surface area contributed by atoms with Gasteiger partial charge in [-0.2, -0.15) is 4.57 Å². The van der Waals surface area contributed by atoms with E-state index < -0.39 is 5.41 Å². The van der Waals surface area contributed by atoms with Gasteiger partial charge in [-0.25, -0.2) is 4.39 Å². The van der Waals surface area contributed by atoms with Crippen LogP contribution in [-0.4, -0.2) is 6.67 Å². The highest BCUT2D eigenvalue weighted by molar-refractivity contribution is 5.67. The average molecular weight is 369 g/mol. The normalized spacial score (nSPS) is 23.8. The van der Waals surface area contributed by atoms with E-state index in [1.807, 2.05) is 0 Å². The van der Waals surface area contributed by atoms with Crippen LogP contribution in [0.4, 0.5) is 4.39 Å². The zero-order chi connectivity index (χ0) is 19.7. The third kappa shape index (κ3) is 2.83. The molecule has 0 saturated heterocycles. The predicted molar refractivity (Wildman–Crippen MR) is 112 cm³/mol. The number of aromatic nitrogens is 1. The van der Waals surface area contributed by atoms with Crippen LogP contribution in [0.25, 0.3) is 11.3 Å². The van der Waals surface area contributed by atoms with Crippen molar-refractivity contribution in [3.63, 3.8) is 0 Å². The highest BCUT2D eigenvalue weighted by Crippen LogP contribution is 2.52. The van der Waals surface area contributed by atoms with Crippen LogP contribution < -0.4 is 4.57 Å². The molecule has 0 saturated carbocycles. The SMILES string of the molecule is CCCCc1ccc2c(c1)-c1cccc([n+]1CC)C(CC)(CF)C2(C)CC. The van der Waals surface area contributed by atoms with Crippen LogP contribution in [0.5, 0.6) is 0 Å². The summed E-state index contributed by atoms with van der Waals surface area (Å²) in [6.45, 7) is 11.6. The first-order valence-corrected chi connectivity index (χ1v) is 10.8. The largest absolute Gasteiger partial charge is 0.250 e. The summed E-state index contributed by atoms with van der Waals surface area (Å²) in [5.74, 6) is 0. The summed E-state index contributed by atoms with van der Waals surface area (Å²) in [5.41, 5.74) is 5.68. The van der Waals surface area contributed by atoms with E-state index in [1.165, 1.54) is 35.2 Å². The van der Waals surface area contributed by atoms with Crippen molar-refractivity contribution in [2.45, 2.75) is 84.1 Å². The molecular formula is C25H35FN+. The zero-order valence-corrected chi connectivity index (χ0v) is 17.7. The number of aryl methyl sites for hydroxylation is 1. The number of benzene rings is 1. The fourth-order valence-electron chi connectivity index (χ4n) is 5.31. The van der Waals surface area contributed by atoms with E-state index >= 15 is 0 Å². The number of unbranched alkanes of at least 4 members (excludes halogenated alkanes) is 1. The lowest BCUT2D eigenvalue weighted by molar-refractivity contribution is -0.694. The summed E-state index contributed by atoms with van der Waals surface area (Å²) in [6, 6.07) is 13.5. The van der Waals surface area contributed by atoms with Crippen LogP contribution in [0.3, 0.4) is 0 Å². The van der Waals surface area contributed by atoms with E-state index in [-0.39, 0.29) is 12.1 Å². The molecule has 1 aromatic carbocycles. The summed E-state index contributed by atoms with van der Waals surface area (Å²) in [5, 5.41) is 0. The molecule has 0 amide bonds. The van der Waals surface area contributed by atoms with Gasteiger partial charge in [0.15, 0.2) is 5.69 Å². The minimum absolute atomic E-state index is 0.234. The summed E-state index contributed by atoms with van der Waals surface area (Å²) < 4.78 is 17.3. The molecule has 3 rings (SSSR count). The molecule has 1 aromatic heterocycles. The van der Waals surface area contributed by atoms with E-state index in [1.54, 1.807) is 0 Å². The van der Waals surface area contributed by atoms with Crippen molar-refractivity contribution in [2.75, 3.05) is 6.67 Å². The van der Waals surface area contributed by atoms with Gasteiger partial charge >= 0.3 is 0 Å². The van der Waals surface area contributed by atoms with E-state index in [9.17, 15) is 4.39 Å². The Bertz CT molecular complexity index is 806. The fourth-order valence-corrected chi connectivity index (χ4v) is 5.31. The third-order valence-corrected chi connectivity index (χ3v) is 7.26. The predicted octanol–water partition coefficient (Wildman–Crippen LogP) is 6.30. The van der Waals surface area contributed by atoms with E-state index in [0.29, 0.717) is 0 Å². The Morgan fingerprint density at radius 1 is 1.00 bits per heavy atom. The lowest BCUT2D eigenvalue weighted by Crippen LogP contribution is -2.54. The molecule has 1 nitrogen and oxygen atoms in total. The molecular weight excluding hydrogens is 333 g/mol. The molecule has 2 aromatic rings. The van der Waals surface area contributed by atoms with Gasteiger partial charge < -0.3 is 0 Å². The van der Waals surface area contributed by atoms with Crippen LogP contribution in [0, 0.1) is 0 Å². The van der Waals surface area contributed by atoms with Crippen molar-refractivity contribution < 1.29 is 8.96 Å². The van der Waals surface area contributed by atoms with Gasteiger partial charge in [0.2, 0.25) is 5.69 Å². The number of nitrogens with zero attached hydrogens (tertiary/aromatic N) is 1. The van der Waals surface area contributed by atoms with Crippen molar-refractivity contribution in [1.82, 2.24) is 0 Å². The molecule has 2 bridgehead atoms. The first-order valence-electron chi connectivity index (χ1n) is 10.8. The molecule has 0 aliphatic carbocycles. The van der Waals surface area contributed by atoms with E-state index in [4.69, 9.17) is 0 Å². The molecule has 0 spiro atoms. The van der Waals surface area contributed by atoms with Crippen LogP contribution in [0.2, 0.25) is 0 Å². The van der Waals surface area contributed by atoms with Crippen molar-refractivity contribution in [3.05, 3.63) is 53.2 Å². The Hall–Kier alpha value is -1.70. The smallest absolute Gasteiger partial charge is 0.213 e. The second-order valence-corrected chi connectivity index (χ2v) is 8.28. The summed E-state index contributed by atoms with van der Waals surface area (Å²) in [4.78, 5) is 0. The number of hydrogen-bond acceptors (Lipinski definition) is 0. The van der Waals surface area contributed by atoms with Gasteiger partial charge in [0.1, 0.15) is 13.2 Å². The molecule has 1 aliphatic heterocycles. The number of rotatable bonds is 7. The van der Waals surface area contributed by atoms with Gasteiger partial charge in [-0.05, 0) is 55.9 Å². The van der Waals surface area contributed by atoms with E-state index in [2.05, 4.69) is 75.6 Å². The monoisotopic (exact) mass is 368 g/mol. The van der Waals surface area contributed by atoms with Gasteiger partial charge in [-0.3, -0.25) is 0 Å².